The molecule has 3 heterocycles. The van der Waals surface area contributed by atoms with Crippen molar-refractivity contribution in [1.82, 2.24) is 14.1 Å². The molecule has 0 saturated carbocycles. The van der Waals surface area contributed by atoms with E-state index in [-0.39, 0.29) is 42.7 Å². The van der Waals surface area contributed by atoms with Gasteiger partial charge in [-0.1, -0.05) is 213 Å². The summed E-state index contributed by atoms with van der Waals surface area (Å²) >= 11 is 0. The molecule has 0 spiro atoms. The predicted octanol–water partition coefficient (Wildman–Crippen LogP) is 16.4. The zero-order chi connectivity index (χ0) is 51.4. The van der Waals surface area contributed by atoms with Gasteiger partial charge in [0.2, 0.25) is 0 Å². The van der Waals surface area contributed by atoms with Crippen LogP contribution in [0, 0.1) is 18.5 Å². The molecule has 0 bridgehead atoms. The van der Waals surface area contributed by atoms with E-state index in [0.29, 0.717) is 11.5 Å². The van der Waals surface area contributed by atoms with Gasteiger partial charge >= 0.3 is 0 Å². The van der Waals surface area contributed by atoms with Crippen LogP contribution in [-0.2, 0) is 42.7 Å². The molecule has 5 nitrogen and oxygen atoms in total. The fraction of sp³-hybridized carbons (Fsp3) is 0.188. The molecule has 0 atom stereocenters. The summed E-state index contributed by atoms with van der Waals surface area (Å²) in [4.78, 5) is 4.99. The summed E-state index contributed by atoms with van der Waals surface area (Å²) in [5.74, 6) is 1.96. The minimum Gasteiger partial charge on any atom is -0.510 e. The van der Waals surface area contributed by atoms with Crippen LogP contribution in [0.5, 0.6) is 11.5 Å². The zero-order valence-electron chi connectivity index (χ0n) is 44.2. The van der Waals surface area contributed by atoms with E-state index in [1.807, 2.05) is 18.3 Å². The van der Waals surface area contributed by atoms with Crippen LogP contribution in [0.25, 0.3) is 50.1 Å². The standard InChI is InChI=1S/C69H62N4O.Pt/c1-66(2,3)64-46-71(56-41-54(68(6,7)51-28-18-12-19-29-51)40-55(42-56)69(8,9)52-30-20-13-21-31-52)47-72(64)57-38-49(48-24-14-10-15-25-48)39-59(44-57)74-58-34-35-61-60-32-22-23-33-62(60)73(63(61)45-58)65-43-53(36-37-70-65)67(4,5)50-26-16-11-17-27-50;/h10-43,46H,1-9H3;/q-2;. The third kappa shape index (κ3) is 9.71. The third-order valence-electron chi connectivity index (χ3n) is 15.2. The number of fused-ring (bicyclic) bond motifs is 3. The molecule has 0 N–H and O–H groups in total. The second kappa shape index (κ2) is 19.9. The van der Waals surface area contributed by atoms with Crippen molar-refractivity contribution in [3.05, 3.63) is 270 Å². The van der Waals surface area contributed by atoms with E-state index in [1.165, 1.54) is 33.4 Å². The largest absolute Gasteiger partial charge is 0.510 e. The second-order valence-corrected chi connectivity index (χ2v) is 22.2. The Kier molecular flexibility index (Phi) is 13.5. The second-order valence-electron chi connectivity index (χ2n) is 22.2. The molecular weight excluding hydrogens is 1100 g/mol. The quantitative estimate of drug-likeness (QED) is 0.0903. The minimum absolute atomic E-state index is 0. The van der Waals surface area contributed by atoms with Gasteiger partial charge in [-0.25, -0.2) is 4.98 Å². The van der Waals surface area contributed by atoms with E-state index >= 15 is 0 Å². The van der Waals surface area contributed by atoms with Crippen molar-refractivity contribution in [2.45, 2.75) is 84.0 Å². The average Bonchev–Trinajstić information content (AvgIpc) is 4.04. The van der Waals surface area contributed by atoms with Crippen LogP contribution in [0.3, 0.4) is 0 Å². The number of rotatable bonds is 12. The summed E-state index contributed by atoms with van der Waals surface area (Å²) in [7, 11) is 0. The molecule has 0 saturated heterocycles. The predicted molar refractivity (Wildman–Crippen MR) is 302 cm³/mol. The Morgan fingerprint density at radius 1 is 0.467 bits per heavy atom. The molecule has 75 heavy (non-hydrogen) atoms. The Morgan fingerprint density at radius 2 is 1.01 bits per heavy atom. The third-order valence-corrected chi connectivity index (χ3v) is 15.2. The van der Waals surface area contributed by atoms with Crippen molar-refractivity contribution in [3.63, 3.8) is 0 Å². The number of hydrogen-bond donors (Lipinski definition) is 0. The molecule has 6 heteroatoms. The maximum atomic E-state index is 6.96. The molecule has 0 aliphatic heterocycles. The van der Waals surface area contributed by atoms with Gasteiger partial charge in [-0.2, -0.15) is 12.1 Å². The van der Waals surface area contributed by atoms with E-state index in [0.717, 1.165) is 55.8 Å². The van der Waals surface area contributed by atoms with E-state index in [1.54, 1.807) is 0 Å². The molecular formula is C69H62N4OPt-2. The van der Waals surface area contributed by atoms with Crippen molar-refractivity contribution in [2.75, 3.05) is 0 Å². The Bertz CT molecular complexity index is 3740. The van der Waals surface area contributed by atoms with Crippen molar-refractivity contribution >= 4 is 21.8 Å². The van der Waals surface area contributed by atoms with E-state index in [2.05, 4.69) is 289 Å². The van der Waals surface area contributed by atoms with Gasteiger partial charge in [0.15, 0.2) is 0 Å². The van der Waals surface area contributed by atoms with Gasteiger partial charge in [0, 0.05) is 66.7 Å². The van der Waals surface area contributed by atoms with Crippen LogP contribution in [0.15, 0.2) is 213 Å². The number of aromatic nitrogens is 4. The first-order valence-electron chi connectivity index (χ1n) is 25.7. The van der Waals surface area contributed by atoms with Crippen LogP contribution in [0.4, 0.5) is 0 Å². The number of hydrogen-bond acceptors (Lipinski definition) is 2. The summed E-state index contributed by atoms with van der Waals surface area (Å²) < 4.78 is 13.5. The molecule has 0 aliphatic carbocycles. The average molecular weight is 1160 g/mol. The zero-order valence-corrected chi connectivity index (χ0v) is 46.5. The maximum absolute atomic E-state index is 6.96. The Labute approximate surface area is 457 Å². The van der Waals surface area contributed by atoms with Crippen LogP contribution < -0.4 is 9.30 Å². The van der Waals surface area contributed by atoms with Gasteiger partial charge in [0.05, 0.1) is 11.4 Å². The fourth-order valence-electron chi connectivity index (χ4n) is 10.5. The van der Waals surface area contributed by atoms with Crippen LogP contribution in [-0.4, -0.2) is 14.1 Å². The fourth-order valence-corrected chi connectivity index (χ4v) is 10.5. The van der Waals surface area contributed by atoms with Gasteiger partial charge in [-0.15, -0.1) is 35.2 Å². The first kappa shape index (κ1) is 50.9. The van der Waals surface area contributed by atoms with E-state index in [9.17, 15) is 0 Å². The van der Waals surface area contributed by atoms with Crippen molar-refractivity contribution < 1.29 is 30.4 Å². The minimum atomic E-state index is -0.285. The molecule has 11 rings (SSSR count). The summed E-state index contributed by atoms with van der Waals surface area (Å²) in [6, 6.07) is 78.5. The summed E-state index contributed by atoms with van der Waals surface area (Å²) in [5.41, 5.74) is 13.2. The molecule has 3 aromatic heterocycles. The molecule has 8 aromatic carbocycles. The summed E-state index contributed by atoms with van der Waals surface area (Å²) in [6.07, 6.45) is 8.00. The van der Waals surface area contributed by atoms with Gasteiger partial charge in [-0.3, -0.25) is 4.57 Å². The van der Waals surface area contributed by atoms with Crippen molar-refractivity contribution in [2.24, 2.45) is 0 Å². The van der Waals surface area contributed by atoms with Crippen LogP contribution in [0.1, 0.15) is 101 Å². The number of imidazole rings is 1. The van der Waals surface area contributed by atoms with Crippen LogP contribution in [0.2, 0.25) is 0 Å². The van der Waals surface area contributed by atoms with Crippen molar-refractivity contribution in [3.8, 4) is 39.8 Å². The van der Waals surface area contributed by atoms with Gasteiger partial charge in [-0.05, 0) is 85.8 Å². The molecule has 0 radical (unpaired) electrons. The number of benzene rings is 8. The smallest absolute Gasteiger partial charge is 0.267 e. The SMILES string of the molecule is CC(C)(C)c1c[n+](-c2cc(C(C)(C)c3ccccc3)cc(C(C)(C)c3ccccc3)c2)[c-]n1-c1[c-]c(Oc2[c-]c3c(cc2)c2ccccc2n3-c2cc(C(C)(C)c3ccccc3)ccn2)cc(-c2ccccc2)c1.[Pt]. The van der Waals surface area contributed by atoms with E-state index in [4.69, 9.17) is 9.72 Å². The molecule has 0 fully saturated rings. The molecule has 0 unspecified atom stereocenters. The normalized spacial score (nSPS) is 12.2. The first-order valence-corrected chi connectivity index (χ1v) is 25.7. The summed E-state index contributed by atoms with van der Waals surface area (Å²) in [6.45, 7) is 20.6. The van der Waals surface area contributed by atoms with Crippen molar-refractivity contribution in [1.29, 1.82) is 0 Å². The number of para-hydroxylation sites is 1. The summed E-state index contributed by atoms with van der Waals surface area (Å²) in [5, 5.41) is 2.19. The Balaban J connectivity index is 0.00000641. The van der Waals surface area contributed by atoms with E-state index < -0.39 is 0 Å². The number of pyridine rings is 1. The number of nitrogens with zero attached hydrogens (tertiary/aromatic N) is 4. The maximum Gasteiger partial charge on any atom is 0.267 e. The molecule has 0 aliphatic rings. The molecule has 376 valence electrons. The Hall–Kier alpha value is -7.59. The number of ether oxygens (including phenoxy) is 1. The van der Waals surface area contributed by atoms with Gasteiger partial charge in [0.25, 0.3) is 6.33 Å². The van der Waals surface area contributed by atoms with Crippen LogP contribution >= 0.6 is 0 Å². The first-order chi connectivity index (χ1) is 35.6. The van der Waals surface area contributed by atoms with Gasteiger partial charge in [0.1, 0.15) is 5.82 Å². The Morgan fingerprint density at radius 3 is 1.60 bits per heavy atom. The molecule has 0 amide bonds. The topological polar surface area (TPSA) is 35.9 Å². The van der Waals surface area contributed by atoms with Gasteiger partial charge < -0.3 is 13.9 Å². The molecule has 11 aromatic rings. The monoisotopic (exact) mass is 1160 g/mol.